The normalized spacial score (nSPS) is 19.6. The lowest BCUT2D eigenvalue weighted by Crippen LogP contribution is -2.31. The summed E-state index contributed by atoms with van der Waals surface area (Å²) < 4.78 is 29.4. The van der Waals surface area contributed by atoms with Crippen molar-refractivity contribution >= 4 is 41.7 Å². The average molecular weight is 686 g/mol. The van der Waals surface area contributed by atoms with Crippen LogP contribution < -0.4 is 0 Å². The largest absolute Gasteiger partial charge is 0.218 e. The molecule has 40 heavy (non-hydrogen) atoms. The molecule has 5 heteroatoms. The molecule has 0 fully saturated rings. The van der Waals surface area contributed by atoms with Crippen LogP contribution in [0.3, 0.4) is 0 Å². The van der Waals surface area contributed by atoms with Crippen LogP contribution in [0.25, 0.3) is 22.3 Å². The molecule has 0 spiro atoms. The molecule has 0 saturated carbocycles. The van der Waals surface area contributed by atoms with Crippen LogP contribution in [0, 0.1) is 17.9 Å². The zero-order valence-corrected chi connectivity index (χ0v) is 28.2. The van der Waals surface area contributed by atoms with E-state index in [-0.39, 0.29) is 5.41 Å². The molecular formula is C35H41Br2O2S. The number of halogens is 2. The molecule has 2 atom stereocenters. The molecule has 0 saturated heterocycles. The van der Waals surface area contributed by atoms with Crippen LogP contribution in [0.15, 0.2) is 61.2 Å². The van der Waals surface area contributed by atoms with Gasteiger partial charge in [-0.2, -0.15) is 0 Å². The minimum absolute atomic E-state index is 0.145. The van der Waals surface area contributed by atoms with Gasteiger partial charge in [0, 0.05) is 25.5 Å². The summed E-state index contributed by atoms with van der Waals surface area (Å²) in [5.74, 6) is 1.24. The molecule has 0 aromatic heterocycles. The molecular weight excluding hydrogens is 644 g/mol. The topological polar surface area (TPSA) is 34.1 Å². The maximum Gasteiger partial charge on any atom is 0.207 e. The average Bonchev–Trinajstić information content (AvgIpc) is 3.32. The second-order valence-corrected chi connectivity index (χ2v) is 15.7. The predicted molar refractivity (Wildman–Crippen MR) is 174 cm³/mol. The van der Waals surface area contributed by atoms with Crippen molar-refractivity contribution in [3.63, 3.8) is 0 Å². The number of fused-ring (bicyclic) bond motifs is 6. The number of benzene rings is 3. The lowest BCUT2D eigenvalue weighted by atomic mass is 9.65. The Morgan fingerprint density at radius 3 is 1.98 bits per heavy atom. The SMILES string of the molecule is CCCCC(CC)CC1(CC(CC)CCCC)c2cc(Br)ccc2-c2cc3c(cc21)-c1[c]cc(Br)cc1S3(=O)=O. The summed E-state index contributed by atoms with van der Waals surface area (Å²) in [5.41, 5.74) is 6.39. The minimum atomic E-state index is -3.61. The highest BCUT2D eigenvalue weighted by molar-refractivity contribution is 9.10. The fourth-order valence-electron chi connectivity index (χ4n) is 7.30. The van der Waals surface area contributed by atoms with Gasteiger partial charge in [-0.15, -0.1) is 0 Å². The van der Waals surface area contributed by atoms with Crippen LogP contribution >= 0.6 is 31.9 Å². The van der Waals surface area contributed by atoms with E-state index in [2.05, 4.69) is 89.9 Å². The van der Waals surface area contributed by atoms with E-state index in [1.165, 1.54) is 55.2 Å². The molecule has 1 heterocycles. The lowest BCUT2D eigenvalue weighted by Gasteiger charge is -2.39. The van der Waals surface area contributed by atoms with Gasteiger partial charge in [-0.25, -0.2) is 8.42 Å². The Balaban J connectivity index is 1.78. The van der Waals surface area contributed by atoms with E-state index >= 15 is 0 Å². The van der Waals surface area contributed by atoms with Gasteiger partial charge in [0.1, 0.15) is 0 Å². The Bertz CT molecular complexity index is 1490. The summed E-state index contributed by atoms with van der Waals surface area (Å²) in [6, 6.07) is 17.8. The van der Waals surface area contributed by atoms with Crippen LogP contribution in [0.4, 0.5) is 0 Å². The highest BCUT2D eigenvalue weighted by Gasteiger charge is 2.47. The van der Waals surface area contributed by atoms with Crippen LogP contribution in [-0.2, 0) is 15.3 Å². The Labute approximate surface area is 258 Å². The molecule has 2 unspecified atom stereocenters. The van der Waals surface area contributed by atoms with Gasteiger partial charge in [0.05, 0.1) is 9.79 Å². The van der Waals surface area contributed by atoms with E-state index in [0.29, 0.717) is 27.2 Å². The van der Waals surface area contributed by atoms with E-state index in [1.54, 1.807) is 6.07 Å². The van der Waals surface area contributed by atoms with Gasteiger partial charge in [0.2, 0.25) is 9.84 Å². The monoisotopic (exact) mass is 683 g/mol. The third kappa shape index (κ3) is 5.17. The van der Waals surface area contributed by atoms with Crippen molar-refractivity contribution in [2.75, 3.05) is 0 Å². The Kier molecular flexibility index (Phi) is 9.05. The lowest BCUT2D eigenvalue weighted by molar-refractivity contribution is 0.266. The molecule has 2 nitrogen and oxygen atoms in total. The first-order valence-electron chi connectivity index (χ1n) is 15.2. The molecule has 5 rings (SSSR count). The molecule has 2 aliphatic rings. The third-order valence-electron chi connectivity index (χ3n) is 9.50. The zero-order valence-electron chi connectivity index (χ0n) is 24.2. The molecule has 0 bridgehead atoms. The summed E-state index contributed by atoms with van der Waals surface area (Å²) in [6.45, 7) is 9.26. The quantitative estimate of drug-likeness (QED) is 0.149. The smallest absolute Gasteiger partial charge is 0.207 e. The summed E-state index contributed by atoms with van der Waals surface area (Å²) in [4.78, 5) is 0.794. The summed E-state index contributed by atoms with van der Waals surface area (Å²) in [7, 11) is -3.61. The van der Waals surface area contributed by atoms with Gasteiger partial charge < -0.3 is 0 Å². The Morgan fingerprint density at radius 1 is 0.750 bits per heavy atom. The van der Waals surface area contributed by atoms with Crippen LogP contribution in [-0.4, -0.2) is 8.42 Å². The summed E-state index contributed by atoms with van der Waals surface area (Å²) in [5, 5.41) is 0. The minimum Gasteiger partial charge on any atom is -0.218 e. The van der Waals surface area contributed by atoms with Crippen molar-refractivity contribution in [3.8, 4) is 22.3 Å². The number of unbranched alkanes of at least 4 members (excludes halogenated alkanes) is 2. The van der Waals surface area contributed by atoms with Crippen molar-refractivity contribution in [3.05, 3.63) is 68.6 Å². The number of sulfone groups is 1. The second kappa shape index (κ2) is 12.1. The predicted octanol–water partition coefficient (Wildman–Crippen LogP) is 11.3. The van der Waals surface area contributed by atoms with Crippen molar-refractivity contribution in [1.82, 2.24) is 0 Å². The third-order valence-corrected chi connectivity index (χ3v) is 12.3. The molecule has 0 N–H and O–H groups in total. The first-order chi connectivity index (χ1) is 19.2. The molecule has 1 aliphatic carbocycles. The molecule has 3 aromatic carbocycles. The summed E-state index contributed by atoms with van der Waals surface area (Å²) >= 11 is 7.28. The number of hydrogen-bond acceptors (Lipinski definition) is 2. The van der Waals surface area contributed by atoms with Crippen molar-refractivity contribution in [2.24, 2.45) is 11.8 Å². The molecule has 0 amide bonds. The van der Waals surface area contributed by atoms with Gasteiger partial charge in [0.25, 0.3) is 0 Å². The first-order valence-corrected chi connectivity index (χ1v) is 18.2. The molecule has 3 aromatic rings. The number of hydrogen-bond donors (Lipinski definition) is 0. The van der Waals surface area contributed by atoms with E-state index in [9.17, 15) is 8.42 Å². The van der Waals surface area contributed by atoms with Crippen molar-refractivity contribution in [2.45, 2.75) is 107 Å². The molecule has 213 valence electrons. The van der Waals surface area contributed by atoms with Crippen LogP contribution in [0.1, 0.15) is 103 Å². The molecule has 1 aliphatic heterocycles. The Morgan fingerprint density at radius 2 is 1.38 bits per heavy atom. The van der Waals surface area contributed by atoms with E-state index in [1.807, 2.05) is 12.1 Å². The fraction of sp³-hybridized carbons (Fsp3) is 0.486. The van der Waals surface area contributed by atoms with Crippen LogP contribution in [0.2, 0.25) is 0 Å². The number of rotatable bonds is 12. The summed E-state index contributed by atoms with van der Waals surface area (Å²) in [6.07, 6.45) is 11.9. The van der Waals surface area contributed by atoms with E-state index < -0.39 is 9.84 Å². The van der Waals surface area contributed by atoms with E-state index in [0.717, 1.165) is 45.8 Å². The fourth-order valence-corrected chi connectivity index (χ4v) is 9.83. The highest BCUT2D eigenvalue weighted by Crippen LogP contribution is 2.59. The van der Waals surface area contributed by atoms with Gasteiger partial charge in [-0.1, -0.05) is 117 Å². The van der Waals surface area contributed by atoms with Gasteiger partial charge in [-0.3, -0.25) is 0 Å². The van der Waals surface area contributed by atoms with Gasteiger partial charge >= 0.3 is 0 Å². The molecule has 1 radical (unpaired) electrons. The first kappa shape index (κ1) is 30.0. The van der Waals surface area contributed by atoms with Gasteiger partial charge in [-0.05, 0) is 89.4 Å². The maximum absolute atomic E-state index is 13.8. The van der Waals surface area contributed by atoms with Crippen molar-refractivity contribution < 1.29 is 8.42 Å². The second-order valence-electron chi connectivity index (χ2n) is 12.0. The Hall–Kier alpha value is -1.43. The maximum atomic E-state index is 13.8. The van der Waals surface area contributed by atoms with Gasteiger partial charge in [0.15, 0.2) is 0 Å². The zero-order chi connectivity index (χ0) is 28.7. The standard InChI is InChI=1S/C35H41Br2O2S/c1-5-9-11-23(7-3)21-35(22-24(8-4)12-10-6-2)31-17-25(36)13-15-27(31)29-20-34-30(19-32(29)35)28-16-14-26(37)18-33(28)40(34,38)39/h13-15,17-20,23-24H,5-12,21-22H2,1-4H3. The van der Waals surface area contributed by atoms with Crippen LogP contribution in [0.5, 0.6) is 0 Å². The van der Waals surface area contributed by atoms with Crippen molar-refractivity contribution in [1.29, 1.82) is 0 Å². The highest BCUT2D eigenvalue weighted by atomic mass is 79.9. The van der Waals surface area contributed by atoms with E-state index in [4.69, 9.17) is 0 Å².